The Balaban J connectivity index is 1.00. The van der Waals surface area contributed by atoms with Gasteiger partial charge in [-0.2, -0.15) is 0 Å². The summed E-state index contributed by atoms with van der Waals surface area (Å²) in [7, 11) is 0. The van der Waals surface area contributed by atoms with E-state index in [0.29, 0.717) is 22.5 Å². The lowest BCUT2D eigenvalue weighted by atomic mass is 9.96. The van der Waals surface area contributed by atoms with Gasteiger partial charge in [0.25, 0.3) is 0 Å². The topological polar surface area (TPSA) is 21.3 Å². The van der Waals surface area contributed by atoms with Crippen molar-refractivity contribution in [3.63, 3.8) is 0 Å². The lowest BCUT2D eigenvalue weighted by molar-refractivity contribution is 0.672. The number of rotatable bonds is 7. The quantitative estimate of drug-likeness (QED) is 0.160. The van der Waals surface area contributed by atoms with E-state index in [0.717, 1.165) is 71.3 Å². The molecule has 0 aliphatic heterocycles. The minimum atomic E-state index is -0.258. The van der Waals surface area contributed by atoms with E-state index in [4.69, 9.17) is 4.42 Å². The van der Waals surface area contributed by atoms with Gasteiger partial charge in [0.2, 0.25) is 0 Å². The minimum Gasteiger partial charge on any atom is -0.455 e. The molecule has 0 atom stereocenters. The maximum absolute atomic E-state index is 10.2. The molecule has 0 unspecified atom stereocenters. The van der Waals surface area contributed by atoms with Gasteiger partial charge < -0.3 is 13.9 Å². The molecule has 304 valence electrons. The van der Waals surface area contributed by atoms with E-state index >= 15 is 0 Å². The molecule has 0 saturated carbocycles. The summed E-state index contributed by atoms with van der Waals surface area (Å²) in [6.07, 6.45) is 0. The summed E-state index contributed by atoms with van der Waals surface area (Å²) in [6.45, 7) is 0. The van der Waals surface area contributed by atoms with Crippen molar-refractivity contribution in [3.8, 4) is 39.1 Å². The van der Waals surface area contributed by atoms with Crippen LogP contribution in [0.3, 0.4) is 0 Å². The van der Waals surface area contributed by atoms with Crippen molar-refractivity contribution in [2.24, 2.45) is 0 Å². The zero-order valence-electron chi connectivity index (χ0n) is 39.1. The molecule has 65 heavy (non-hydrogen) atoms. The third kappa shape index (κ3) is 6.12. The Hall–Kier alpha value is -8.66. The Bertz CT molecular complexity index is 4170. The number of hydrogen-bond acceptors (Lipinski definition) is 2. The van der Waals surface area contributed by atoms with E-state index in [-0.39, 0.29) is 35.4 Å². The van der Waals surface area contributed by atoms with Crippen LogP contribution in [0.2, 0.25) is 0 Å². The predicted octanol–water partition coefficient (Wildman–Crippen LogP) is 17.5. The number of benzene rings is 11. The second kappa shape index (κ2) is 15.0. The van der Waals surface area contributed by atoms with E-state index in [2.05, 4.69) is 132 Å². The van der Waals surface area contributed by atoms with Crippen molar-refractivity contribution in [1.29, 1.82) is 0 Å². The molecule has 0 amide bonds. The molecule has 3 heteroatoms. The van der Waals surface area contributed by atoms with Crippen LogP contribution in [0.25, 0.3) is 104 Å². The van der Waals surface area contributed by atoms with E-state index in [1.165, 1.54) is 16.3 Å². The van der Waals surface area contributed by atoms with Crippen LogP contribution >= 0.6 is 0 Å². The number of fused-ring (bicyclic) bond motifs is 9. The standard InChI is InChI=1S/C62H40N2O/c1-2-17-48(18-3-1)64-57-24-9-8-22-54(57)56-40-47(34-38-58(56)64)46-16-10-19-50(39-46)63(59-25-12-26-60-61(59)55-37-33-44-14-5-7-21-53(44)62(55)65-60)49-35-31-42(32-36-49)41-27-29-45(30-28-41)52-23-11-15-43-13-4-6-20-51(43)52/h1-40H/i10D,16D,19D,39D. The molecule has 2 aromatic heterocycles. The summed E-state index contributed by atoms with van der Waals surface area (Å²) < 4.78 is 47.6. The first-order chi connectivity index (χ1) is 33.9. The van der Waals surface area contributed by atoms with Gasteiger partial charge in [0.05, 0.1) is 27.6 Å². The summed E-state index contributed by atoms with van der Waals surface area (Å²) in [6, 6.07) is 73.8. The monoisotopic (exact) mass is 832 g/mol. The van der Waals surface area contributed by atoms with Crippen molar-refractivity contribution < 1.29 is 9.90 Å². The fourth-order valence-electron chi connectivity index (χ4n) is 9.81. The van der Waals surface area contributed by atoms with Gasteiger partial charge in [0.1, 0.15) is 11.2 Å². The molecule has 0 spiro atoms. The van der Waals surface area contributed by atoms with Gasteiger partial charge in [-0.25, -0.2) is 0 Å². The fourth-order valence-corrected chi connectivity index (χ4v) is 9.81. The molecular formula is C62H40N2O. The third-order valence-electron chi connectivity index (χ3n) is 12.9. The Labute approximate surface area is 381 Å². The summed E-state index contributed by atoms with van der Waals surface area (Å²) in [4.78, 5) is 1.92. The van der Waals surface area contributed by atoms with E-state index in [9.17, 15) is 5.48 Å². The van der Waals surface area contributed by atoms with Gasteiger partial charge in [-0.15, -0.1) is 0 Å². The van der Waals surface area contributed by atoms with Gasteiger partial charge in [-0.05, 0) is 122 Å². The van der Waals surface area contributed by atoms with Crippen molar-refractivity contribution >= 4 is 82.4 Å². The van der Waals surface area contributed by atoms with Crippen LogP contribution in [0.4, 0.5) is 17.1 Å². The zero-order valence-corrected chi connectivity index (χ0v) is 35.1. The maximum Gasteiger partial charge on any atom is 0.143 e. The lowest BCUT2D eigenvalue weighted by Crippen LogP contribution is -2.10. The fraction of sp³-hybridized carbons (Fsp3) is 0. The highest BCUT2D eigenvalue weighted by Crippen LogP contribution is 2.46. The smallest absolute Gasteiger partial charge is 0.143 e. The summed E-state index contributed by atoms with van der Waals surface area (Å²) in [5, 5.41) is 8.18. The highest BCUT2D eigenvalue weighted by Gasteiger charge is 2.21. The molecular weight excluding hydrogens is 789 g/mol. The van der Waals surface area contributed by atoms with Crippen molar-refractivity contribution in [3.05, 3.63) is 243 Å². The Morgan fingerprint density at radius 1 is 0.415 bits per heavy atom. The Morgan fingerprint density at radius 3 is 1.89 bits per heavy atom. The minimum absolute atomic E-state index is 0.0181. The number of para-hydroxylation sites is 2. The Morgan fingerprint density at radius 2 is 1.06 bits per heavy atom. The highest BCUT2D eigenvalue weighted by atomic mass is 16.3. The number of hydrogen-bond donors (Lipinski definition) is 0. The SMILES string of the molecule is [2H]c1c([2H])c(-c2ccc3c(c2)c2ccccc2n3-c2ccccc2)c([2H])c(N(c2ccc(-c3ccc(-c4cccc5ccccc45)cc3)cc2)c2cccc3oc4c5ccccc5ccc4c23)c1[2H]. The molecule has 11 aromatic carbocycles. The average Bonchev–Trinajstić information content (AvgIpc) is 3.96. The van der Waals surface area contributed by atoms with Crippen LogP contribution < -0.4 is 4.90 Å². The van der Waals surface area contributed by atoms with Crippen molar-refractivity contribution in [1.82, 2.24) is 4.57 Å². The average molecular weight is 833 g/mol. The van der Waals surface area contributed by atoms with Crippen LogP contribution in [-0.2, 0) is 0 Å². The van der Waals surface area contributed by atoms with Gasteiger partial charge in [0.15, 0.2) is 0 Å². The van der Waals surface area contributed by atoms with E-state index in [1.807, 2.05) is 95.9 Å². The van der Waals surface area contributed by atoms with Crippen LogP contribution in [0.5, 0.6) is 0 Å². The Kier molecular flexibility index (Phi) is 7.61. The molecule has 3 nitrogen and oxygen atoms in total. The summed E-state index contributed by atoms with van der Waals surface area (Å²) in [5.41, 5.74) is 11.4. The first-order valence-electron chi connectivity index (χ1n) is 23.9. The van der Waals surface area contributed by atoms with Gasteiger partial charge in [-0.3, -0.25) is 0 Å². The predicted molar refractivity (Wildman–Crippen MR) is 274 cm³/mol. The zero-order chi connectivity index (χ0) is 46.3. The number of anilines is 3. The summed E-state index contributed by atoms with van der Waals surface area (Å²) >= 11 is 0. The first-order valence-corrected chi connectivity index (χ1v) is 21.9. The third-order valence-corrected chi connectivity index (χ3v) is 12.9. The van der Waals surface area contributed by atoms with Gasteiger partial charge in [0, 0.05) is 38.6 Å². The first kappa shape index (κ1) is 33.0. The molecule has 0 fully saturated rings. The lowest BCUT2D eigenvalue weighted by Gasteiger charge is -2.27. The molecule has 0 radical (unpaired) electrons. The summed E-state index contributed by atoms with van der Waals surface area (Å²) in [5.74, 6) is 0. The highest BCUT2D eigenvalue weighted by molar-refractivity contribution is 6.19. The van der Waals surface area contributed by atoms with Crippen LogP contribution in [-0.4, -0.2) is 4.57 Å². The number of furan rings is 1. The molecule has 0 aliphatic rings. The second-order valence-electron chi connectivity index (χ2n) is 16.5. The maximum atomic E-state index is 10.2. The largest absolute Gasteiger partial charge is 0.455 e. The van der Waals surface area contributed by atoms with E-state index < -0.39 is 0 Å². The molecule has 13 aromatic rings. The molecule has 0 saturated heterocycles. The van der Waals surface area contributed by atoms with Gasteiger partial charge >= 0.3 is 0 Å². The number of nitrogens with zero attached hydrogens (tertiary/aromatic N) is 2. The van der Waals surface area contributed by atoms with Crippen molar-refractivity contribution in [2.45, 2.75) is 0 Å². The molecule has 2 heterocycles. The van der Waals surface area contributed by atoms with E-state index in [1.54, 1.807) is 0 Å². The molecule has 0 aliphatic carbocycles. The second-order valence-corrected chi connectivity index (χ2v) is 16.5. The van der Waals surface area contributed by atoms with Gasteiger partial charge in [-0.1, -0.05) is 170 Å². The van der Waals surface area contributed by atoms with Crippen LogP contribution in [0.15, 0.2) is 247 Å². The van der Waals surface area contributed by atoms with Crippen LogP contribution in [0, 0.1) is 0 Å². The van der Waals surface area contributed by atoms with Crippen LogP contribution in [0.1, 0.15) is 5.48 Å². The molecule has 0 bridgehead atoms. The number of aromatic nitrogens is 1. The van der Waals surface area contributed by atoms with Crippen molar-refractivity contribution in [2.75, 3.05) is 4.90 Å². The molecule has 13 rings (SSSR count). The normalized spacial score (nSPS) is 12.6. The molecule has 0 N–H and O–H groups in total.